The predicted molar refractivity (Wildman–Crippen MR) is 103 cm³/mol. The summed E-state index contributed by atoms with van der Waals surface area (Å²) in [5, 5.41) is 16.0. The van der Waals surface area contributed by atoms with E-state index < -0.39 is 5.97 Å². The van der Waals surface area contributed by atoms with E-state index >= 15 is 0 Å². The molecule has 4 aromatic rings. The molecule has 0 fully saturated rings. The van der Waals surface area contributed by atoms with E-state index in [0.29, 0.717) is 0 Å². The SMILES string of the molecule is O=C(O)C=Cc1cn(-c2ccccc2)nc1-c1ccc2ccccc2c1. The van der Waals surface area contributed by atoms with Crippen LogP contribution in [-0.2, 0) is 4.79 Å². The molecule has 4 nitrogen and oxygen atoms in total. The highest BCUT2D eigenvalue weighted by Gasteiger charge is 2.11. The Morgan fingerprint density at radius 2 is 1.65 bits per heavy atom. The fraction of sp³-hybridized carbons (Fsp3) is 0. The maximum Gasteiger partial charge on any atom is 0.328 e. The van der Waals surface area contributed by atoms with E-state index in [1.54, 1.807) is 10.8 Å². The lowest BCUT2D eigenvalue weighted by Gasteiger charge is -2.03. The second-order valence-corrected chi connectivity index (χ2v) is 5.95. The Hall–Kier alpha value is -3.66. The number of fused-ring (bicyclic) bond motifs is 1. The average Bonchev–Trinajstić information content (AvgIpc) is 3.11. The molecule has 0 bridgehead atoms. The Bertz CT molecular complexity index is 1110. The first kappa shape index (κ1) is 15.8. The maximum atomic E-state index is 11.0. The van der Waals surface area contributed by atoms with Gasteiger partial charge in [-0.15, -0.1) is 0 Å². The van der Waals surface area contributed by atoms with Crippen LogP contribution in [-0.4, -0.2) is 20.9 Å². The molecule has 1 heterocycles. The molecule has 4 heteroatoms. The molecule has 0 unspecified atom stereocenters. The number of aromatic nitrogens is 2. The smallest absolute Gasteiger partial charge is 0.328 e. The van der Waals surface area contributed by atoms with E-state index in [9.17, 15) is 4.79 Å². The van der Waals surface area contributed by atoms with Crippen molar-refractivity contribution in [2.75, 3.05) is 0 Å². The third-order valence-corrected chi connectivity index (χ3v) is 4.19. The monoisotopic (exact) mass is 340 g/mol. The van der Waals surface area contributed by atoms with Gasteiger partial charge in [-0.05, 0) is 35.0 Å². The molecule has 4 rings (SSSR count). The van der Waals surface area contributed by atoms with Crippen LogP contribution >= 0.6 is 0 Å². The summed E-state index contributed by atoms with van der Waals surface area (Å²) in [6.45, 7) is 0. The Morgan fingerprint density at radius 1 is 0.923 bits per heavy atom. The number of hydrogen-bond acceptors (Lipinski definition) is 2. The summed E-state index contributed by atoms with van der Waals surface area (Å²) in [6.07, 6.45) is 4.56. The molecule has 1 aromatic heterocycles. The Labute approximate surface area is 150 Å². The standard InChI is InChI=1S/C22H16N2O2/c25-21(26)13-12-19-15-24(20-8-2-1-3-9-20)23-22(19)18-11-10-16-6-4-5-7-17(16)14-18/h1-15H,(H,25,26). The van der Waals surface area contributed by atoms with Crippen molar-refractivity contribution in [3.8, 4) is 16.9 Å². The van der Waals surface area contributed by atoms with Crippen LogP contribution < -0.4 is 0 Å². The maximum absolute atomic E-state index is 11.0. The molecule has 0 aliphatic carbocycles. The van der Waals surface area contributed by atoms with Gasteiger partial charge >= 0.3 is 5.97 Å². The van der Waals surface area contributed by atoms with Crippen molar-refractivity contribution in [2.45, 2.75) is 0 Å². The third-order valence-electron chi connectivity index (χ3n) is 4.19. The highest BCUT2D eigenvalue weighted by molar-refractivity contribution is 5.90. The van der Waals surface area contributed by atoms with E-state index in [1.165, 1.54) is 0 Å². The molecule has 0 aliphatic heterocycles. The predicted octanol–water partition coefficient (Wildman–Crippen LogP) is 4.79. The lowest BCUT2D eigenvalue weighted by atomic mass is 10.0. The summed E-state index contributed by atoms with van der Waals surface area (Å²) in [4.78, 5) is 11.0. The number of carbonyl (C=O) groups is 1. The van der Waals surface area contributed by atoms with Crippen molar-refractivity contribution in [3.63, 3.8) is 0 Å². The van der Waals surface area contributed by atoms with Crippen LogP contribution in [0.2, 0.25) is 0 Å². The van der Waals surface area contributed by atoms with Gasteiger partial charge in [0.05, 0.1) is 11.4 Å². The van der Waals surface area contributed by atoms with Crippen molar-refractivity contribution in [3.05, 3.63) is 90.6 Å². The van der Waals surface area contributed by atoms with Gasteiger partial charge in [0.2, 0.25) is 0 Å². The molecular weight excluding hydrogens is 324 g/mol. The second-order valence-electron chi connectivity index (χ2n) is 5.95. The lowest BCUT2D eigenvalue weighted by molar-refractivity contribution is -0.131. The van der Waals surface area contributed by atoms with Crippen molar-refractivity contribution in [1.29, 1.82) is 0 Å². The fourth-order valence-corrected chi connectivity index (χ4v) is 2.94. The van der Waals surface area contributed by atoms with Crippen LogP contribution in [0.25, 0.3) is 33.8 Å². The van der Waals surface area contributed by atoms with Gasteiger partial charge in [0.25, 0.3) is 0 Å². The molecule has 126 valence electrons. The highest BCUT2D eigenvalue weighted by atomic mass is 16.4. The van der Waals surface area contributed by atoms with Gasteiger partial charge < -0.3 is 5.11 Å². The summed E-state index contributed by atoms with van der Waals surface area (Å²) >= 11 is 0. The zero-order valence-electron chi connectivity index (χ0n) is 13.9. The molecule has 1 N–H and O–H groups in total. The Balaban J connectivity index is 1.87. The van der Waals surface area contributed by atoms with E-state index in [0.717, 1.165) is 39.4 Å². The largest absolute Gasteiger partial charge is 0.478 e. The van der Waals surface area contributed by atoms with Crippen LogP contribution in [0.5, 0.6) is 0 Å². The molecule has 0 amide bonds. The quantitative estimate of drug-likeness (QED) is 0.543. The zero-order valence-corrected chi connectivity index (χ0v) is 13.9. The van der Waals surface area contributed by atoms with Gasteiger partial charge in [0, 0.05) is 23.4 Å². The molecule has 0 saturated heterocycles. The first-order valence-electron chi connectivity index (χ1n) is 8.26. The van der Waals surface area contributed by atoms with Crippen molar-refractivity contribution >= 4 is 22.8 Å². The molecule has 0 saturated carbocycles. The summed E-state index contributed by atoms with van der Waals surface area (Å²) in [7, 11) is 0. The summed E-state index contributed by atoms with van der Waals surface area (Å²) < 4.78 is 1.77. The number of para-hydroxylation sites is 1. The summed E-state index contributed by atoms with van der Waals surface area (Å²) in [5.41, 5.74) is 3.37. The molecular formula is C22H16N2O2. The number of carboxylic acid groups (broad SMARTS) is 1. The number of hydrogen-bond donors (Lipinski definition) is 1. The minimum absolute atomic E-state index is 0.747. The van der Waals surface area contributed by atoms with Crippen LogP contribution in [0.3, 0.4) is 0 Å². The van der Waals surface area contributed by atoms with Crippen molar-refractivity contribution in [2.24, 2.45) is 0 Å². The number of aliphatic carboxylic acids is 1. The molecule has 0 atom stereocenters. The second kappa shape index (κ2) is 6.69. The van der Waals surface area contributed by atoms with Gasteiger partial charge in [-0.25, -0.2) is 9.48 Å². The minimum atomic E-state index is -0.984. The topological polar surface area (TPSA) is 55.1 Å². The number of nitrogens with zero attached hydrogens (tertiary/aromatic N) is 2. The first-order chi connectivity index (χ1) is 12.7. The molecule has 0 spiro atoms. The van der Waals surface area contributed by atoms with E-state index in [1.807, 2.05) is 54.7 Å². The normalized spacial score (nSPS) is 11.2. The van der Waals surface area contributed by atoms with Crippen LogP contribution in [0.1, 0.15) is 5.56 Å². The van der Waals surface area contributed by atoms with Crippen LogP contribution in [0.15, 0.2) is 85.1 Å². The number of rotatable bonds is 4. The summed E-state index contributed by atoms with van der Waals surface area (Å²) in [6, 6.07) is 24.0. The van der Waals surface area contributed by atoms with Gasteiger partial charge in [-0.1, -0.05) is 54.6 Å². The minimum Gasteiger partial charge on any atom is -0.478 e. The van der Waals surface area contributed by atoms with E-state index in [2.05, 4.69) is 24.3 Å². The van der Waals surface area contributed by atoms with Gasteiger partial charge in [0.15, 0.2) is 0 Å². The van der Waals surface area contributed by atoms with Crippen LogP contribution in [0, 0.1) is 0 Å². The number of carboxylic acids is 1. The molecule has 0 radical (unpaired) electrons. The van der Waals surface area contributed by atoms with Crippen molar-refractivity contribution in [1.82, 2.24) is 9.78 Å². The number of benzene rings is 3. The molecule has 26 heavy (non-hydrogen) atoms. The Morgan fingerprint density at radius 3 is 2.42 bits per heavy atom. The fourth-order valence-electron chi connectivity index (χ4n) is 2.94. The highest BCUT2D eigenvalue weighted by Crippen LogP contribution is 2.28. The van der Waals surface area contributed by atoms with Gasteiger partial charge in [0.1, 0.15) is 0 Å². The van der Waals surface area contributed by atoms with Gasteiger partial charge in [-0.2, -0.15) is 5.10 Å². The molecule has 0 aliphatic rings. The first-order valence-corrected chi connectivity index (χ1v) is 8.26. The summed E-state index contributed by atoms with van der Waals surface area (Å²) in [5.74, 6) is -0.984. The molecule has 3 aromatic carbocycles. The van der Waals surface area contributed by atoms with Gasteiger partial charge in [-0.3, -0.25) is 0 Å². The van der Waals surface area contributed by atoms with Crippen molar-refractivity contribution < 1.29 is 9.90 Å². The van der Waals surface area contributed by atoms with E-state index in [4.69, 9.17) is 10.2 Å². The van der Waals surface area contributed by atoms with Crippen LogP contribution in [0.4, 0.5) is 0 Å². The zero-order chi connectivity index (χ0) is 17.9. The Kier molecular flexibility index (Phi) is 4.07. The average molecular weight is 340 g/mol. The third kappa shape index (κ3) is 3.13. The van der Waals surface area contributed by atoms with E-state index in [-0.39, 0.29) is 0 Å². The lowest BCUT2D eigenvalue weighted by Crippen LogP contribution is -1.94.